The van der Waals surface area contributed by atoms with Gasteiger partial charge in [-0.3, -0.25) is 0 Å². The fourth-order valence-corrected chi connectivity index (χ4v) is 2.05. The van der Waals surface area contributed by atoms with Crippen molar-refractivity contribution in [2.45, 2.75) is 13.8 Å². The highest BCUT2D eigenvalue weighted by Gasteiger charge is 2.07. The first-order chi connectivity index (χ1) is 6.68. The van der Waals surface area contributed by atoms with Crippen molar-refractivity contribution >= 4 is 17.0 Å². The van der Waals surface area contributed by atoms with Gasteiger partial charge in [0.05, 0.1) is 22.5 Å². The van der Waals surface area contributed by atoms with Gasteiger partial charge < -0.3 is 5.73 Å². The summed E-state index contributed by atoms with van der Waals surface area (Å²) in [4.78, 5) is 9.69. The van der Waals surface area contributed by atoms with Crippen molar-refractivity contribution in [1.29, 1.82) is 0 Å². The molecule has 0 aliphatic heterocycles. The molecule has 0 spiro atoms. The summed E-state index contributed by atoms with van der Waals surface area (Å²) >= 11 is 1.65. The maximum Gasteiger partial charge on any atom is 0.170 e. The van der Waals surface area contributed by atoms with E-state index in [1.807, 2.05) is 12.3 Å². The fraction of sp³-hybridized carbons (Fsp3) is 0.200. The van der Waals surface area contributed by atoms with E-state index >= 15 is 0 Å². The molecule has 0 atom stereocenters. The molecule has 0 aliphatic carbocycles. The summed E-state index contributed by atoms with van der Waals surface area (Å²) in [5, 5.41) is 2.04. The minimum atomic E-state index is 0.642. The van der Waals surface area contributed by atoms with Crippen LogP contribution in [0, 0.1) is 13.8 Å². The van der Waals surface area contributed by atoms with Gasteiger partial charge in [-0.15, -0.1) is 11.3 Å². The van der Waals surface area contributed by atoms with E-state index in [-0.39, 0.29) is 0 Å². The molecule has 0 saturated heterocycles. The molecule has 0 aliphatic rings. The smallest absolute Gasteiger partial charge is 0.170 e. The molecule has 0 radical (unpaired) electrons. The van der Waals surface area contributed by atoms with E-state index in [1.165, 1.54) is 5.56 Å². The number of anilines is 1. The summed E-state index contributed by atoms with van der Waals surface area (Å²) in [6.07, 6.45) is 1.66. The van der Waals surface area contributed by atoms with Gasteiger partial charge in [-0.25, -0.2) is 9.97 Å². The molecular weight excluding hydrogens is 194 g/mol. The van der Waals surface area contributed by atoms with E-state index in [0.29, 0.717) is 5.69 Å². The molecule has 2 aromatic rings. The third-order valence-electron chi connectivity index (χ3n) is 2.08. The first-order valence-electron chi connectivity index (χ1n) is 4.32. The quantitative estimate of drug-likeness (QED) is 0.777. The second kappa shape index (κ2) is 3.38. The fourth-order valence-electron chi connectivity index (χ4n) is 1.19. The van der Waals surface area contributed by atoms with E-state index in [1.54, 1.807) is 17.5 Å². The predicted molar refractivity (Wildman–Crippen MR) is 59.2 cm³/mol. The van der Waals surface area contributed by atoms with E-state index in [9.17, 15) is 0 Å². The van der Waals surface area contributed by atoms with Crippen molar-refractivity contribution in [1.82, 2.24) is 9.97 Å². The van der Waals surface area contributed by atoms with Gasteiger partial charge >= 0.3 is 0 Å². The number of hydrogen-bond donors (Lipinski definition) is 1. The van der Waals surface area contributed by atoms with Gasteiger partial charge in [0, 0.05) is 0 Å². The van der Waals surface area contributed by atoms with Crippen molar-refractivity contribution in [3.8, 4) is 10.7 Å². The number of rotatable bonds is 1. The zero-order valence-electron chi connectivity index (χ0n) is 8.11. The van der Waals surface area contributed by atoms with Crippen LogP contribution < -0.4 is 5.73 Å². The minimum Gasteiger partial charge on any atom is -0.396 e. The van der Waals surface area contributed by atoms with Crippen LogP contribution in [0.15, 0.2) is 17.6 Å². The summed E-state index contributed by atoms with van der Waals surface area (Å²) < 4.78 is 0. The van der Waals surface area contributed by atoms with Crippen LogP contribution in [0.2, 0.25) is 0 Å². The SMILES string of the molecule is Cc1ccsc1-c1ncc(N)c(C)n1. The summed E-state index contributed by atoms with van der Waals surface area (Å²) in [5.74, 6) is 0.768. The molecule has 2 N–H and O–H groups in total. The molecule has 0 saturated carbocycles. The molecule has 0 unspecified atom stereocenters. The van der Waals surface area contributed by atoms with Crippen LogP contribution in [-0.2, 0) is 0 Å². The van der Waals surface area contributed by atoms with Crippen LogP contribution in [0.3, 0.4) is 0 Å². The van der Waals surface area contributed by atoms with Crippen LogP contribution in [0.5, 0.6) is 0 Å². The summed E-state index contributed by atoms with van der Waals surface area (Å²) in [6, 6.07) is 2.06. The van der Waals surface area contributed by atoms with E-state index < -0.39 is 0 Å². The largest absolute Gasteiger partial charge is 0.396 e. The third-order valence-corrected chi connectivity index (χ3v) is 3.09. The topological polar surface area (TPSA) is 51.8 Å². The third kappa shape index (κ3) is 1.48. The highest BCUT2D eigenvalue weighted by Crippen LogP contribution is 2.26. The van der Waals surface area contributed by atoms with Gasteiger partial charge in [0.1, 0.15) is 0 Å². The normalized spacial score (nSPS) is 10.4. The lowest BCUT2D eigenvalue weighted by atomic mass is 10.2. The van der Waals surface area contributed by atoms with Crippen LogP contribution >= 0.6 is 11.3 Å². The number of aromatic nitrogens is 2. The Bertz CT molecular complexity index is 462. The average molecular weight is 205 g/mol. The summed E-state index contributed by atoms with van der Waals surface area (Å²) in [7, 11) is 0. The molecule has 3 nitrogen and oxygen atoms in total. The molecule has 72 valence electrons. The predicted octanol–water partition coefficient (Wildman–Crippen LogP) is 2.40. The van der Waals surface area contributed by atoms with Gasteiger partial charge in [0.2, 0.25) is 0 Å². The van der Waals surface area contributed by atoms with Crippen molar-refractivity contribution in [2.75, 3.05) is 5.73 Å². The standard InChI is InChI=1S/C10H11N3S/c1-6-3-4-14-9(6)10-12-5-8(11)7(2)13-10/h3-5H,11H2,1-2H3. The molecule has 0 amide bonds. The van der Waals surface area contributed by atoms with Gasteiger partial charge in [-0.2, -0.15) is 0 Å². The molecule has 4 heteroatoms. The van der Waals surface area contributed by atoms with E-state index in [2.05, 4.69) is 23.0 Å². The van der Waals surface area contributed by atoms with Crippen molar-refractivity contribution in [3.05, 3.63) is 28.9 Å². The maximum absolute atomic E-state index is 5.66. The number of hydrogen-bond acceptors (Lipinski definition) is 4. The van der Waals surface area contributed by atoms with Crippen LogP contribution in [-0.4, -0.2) is 9.97 Å². The molecular formula is C10H11N3S. The van der Waals surface area contributed by atoms with Crippen molar-refractivity contribution in [3.63, 3.8) is 0 Å². The Morgan fingerprint density at radius 3 is 2.71 bits per heavy atom. The Morgan fingerprint density at radius 1 is 1.36 bits per heavy atom. The summed E-state index contributed by atoms with van der Waals surface area (Å²) in [5.41, 5.74) is 8.34. The monoisotopic (exact) mass is 205 g/mol. The minimum absolute atomic E-state index is 0.642. The van der Waals surface area contributed by atoms with Gasteiger partial charge in [0.25, 0.3) is 0 Å². The van der Waals surface area contributed by atoms with Crippen LogP contribution in [0.25, 0.3) is 10.7 Å². The van der Waals surface area contributed by atoms with E-state index in [0.717, 1.165) is 16.4 Å². The molecule has 2 heterocycles. The number of nitrogen functional groups attached to an aromatic ring is 1. The van der Waals surface area contributed by atoms with Crippen LogP contribution in [0.4, 0.5) is 5.69 Å². The number of nitrogens with zero attached hydrogens (tertiary/aromatic N) is 2. The first-order valence-corrected chi connectivity index (χ1v) is 5.20. The highest BCUT2D eigenvalue weighted by molar-refractivity contribution is 7.13. The first kappa shape index (κ1) is 9.15. The second-order valence-electron chi connectivity index (χ2n) is 3.17. The Hall–Kier alpha value is -1.42. The number of nitrogens with two attached hydrogens (primary N) is 1. The van der Waals surface area contributed by atoms with Crippen molar-refractivity contribution in [2.24, 2.45) is 0 Å². The lowest BCUT2D eigenvalue weighted by Crippen LogP contribution is -1.97. The van der Waals surface area contributed by atoms with Gasteiger partial charge in [0.15, 0.2) is 5.82 Å². The van der Waals surface area contributed by atoms with Gasteiger partial charge in [-0.05, 0) is 30.9 Å². The molecule has 0 fully saturated rings. The Labute approximate surface area is 86.6 Å². The zero-order chi connectivity index (χ0) is 10.1. The Balaban J connectivity index is 2.53. The van der Waals surface area contributed by atoms with Gasteiger partial charge in [-0.1, -0.05) is 0 Å². The Kier molecular flexibility index (Phi) is 2.21. The number of aryl methyl sites for hydroxylation is 2. The molecule has 2 rings (SSSR count). The Morgan fingerprint density at radius 2 is 2.14 bits per heavy atom. The molecule has 0 aromatic carbocycles. The lowest BCUT2D eigenvalue weighted by molar-refractivity contribution is 1.12. The molecule has 2 aromatic heterocycles. The zero-order valence-corrected chi connectivity index (χ0v) is 8.93. The molecule has 0 bridgehead atoms. The molecule has 14 heavy (non-hydrogen) atoms. The van der Waals surface area contributed by atoms with E-state index in [4.69, 9.17) is 5.73 Å². The average Bonchev–Trinajstić information content (AvgIpc) is 2.57. The van der Waals surface area contributed by atoms with Crippen molar-refractivity contribution < 1.29 is 0 Å². The summed E-state index contributed by atoms with van der Waals surface area (Å²) in [6.45, 7) is 3.95. The second-order valence-corrected chi connectivity index (χ2v) is 4.08. The highest BCUT2D eigenvalue weighted by atomic mass is 32.1. The maximum atomic E-state index is 5.66. The van der Waals surface area contributed by atoms with Crippen LogP contribution in [0.1, 0.15) is 11.3 Å². The lowest BCUT2D eigenvalue weighted by Gasteiger charge is -2.01. The number of thiophene rings is 1.